The van der Waals surface area contributed by atoms with Gasteiger partial charge in [0.05, 0.1) is 5.69 Å². The van der Waals surface area contributed by atoms with Crippen LogP contribution in [0.2, 0.25) is 0 Å². The fourth-order valence-electron chi connectivity index (χ4n) is 1.12. The number of anilines is 1. The Bertz CT molecular complexity index is 469. The molecule has 0 saturated heterocycles. The maximum Gasteiger partial charge on any atom is 0.206 e. The van der Waals surface area contributed by atoms with Crippen LogP contribution in [0.4, 0.5) is 5.13 Å². The van der Waals surface area contributed by atoms with E-state index in [0.29, 0.717) is 6.54 Å². The van der Waals surface area contributed by atoms with Gasteiger partial charge in [-0.05, 0) is 12.1 Å². The highest BCUT2D eigenvalue weighted by atomic mass is 32.2. The summed E-state index contributed by atoms with van der Waals surface area (Å²) >= 11 is 3.19. The molecule has 0 aliphatic carbocycles. The third-order valence-electron chi connectivity index (χ3n) is 1.87. The lowest BCUT2D eigenvalue weighted by molar-refractivity contribution is 1.01. The Morgan fingerprint density at radius 3 is 3.12 bits per heavy atom. The number of hydrogen-bond donors (Lipinski definition) is 1. The summed E-state index contributed by atoms with van der Waals surface area (Å²) in [6, 6.07) is 5.90. The minimum Gasteiger partial charge on any atom is -0.357 e. The molecule has 88 valence electrons. The van der Waals surface area contributed by atoms with E-state index in [1.807, 2.05) is 18.2 Å². The second kappa shape index (κ2) is 6.36. The molecule has 0 amide bonds. The fourth-order valence-corrected chi connectivity index (χ4v) is 2.79. The van der Waals surface area contributed by atoms with E-state index in [9.17, 15) is 0 Å². The first-order valence-corrected chi connectivity index (χ1v) is 6.89. The predicted molar refractivity (Wildman–Crippen MR) is 72.4 cm³/mol. The van der Waals surface area contributed by atoms with Crippen molar-refractivity contribution >= 4 is 28.2 Å². The van der Waals surface area contributed by atoms with E-state index in [0.717, 1.165) is 20.9 Å². The lowest BCUT2D eigenvalue weighted by atomic mass is 10.4. The summed E-state index contributed by atoms with van der Waals surface area (Å²) in [6.07, 6.45) is 3.59. The molecule has 17 heavy (non-hydrogen) atoms. The normalized spacial score (nSPS) is 10.1. The van der Waals surface area contributed by atoms with E-state index in [-0.39, 0.29) is 0 Å². The van der Waals surface area contributed by atoms with Crippen molar-refractivity contribution < 1.29 is 0 Å². The Hall–Kier alpha value is -1.40. The van der Waals surface area contributed by atoms with Gasteiger partial charge < -0.3 is 5.32 Å². The van der Waals surface area contributed by atoms with Gasteiger partial charge in [-0.1, -0.05) is 35.2 Å². The average Bonchev–Trinajstić information content (AvgIpc) is 2.83. The minimum atomic E-state index is 0.708. The smallest absolute Gasteiger partial charge is 0.206 e. The van der Waals surface area contributed by atoms with E-state index < -0.39 is 0 Å². The Morgan fingerprint density at radius 1 is 1.41 bits per heavy atom. The van der Waals surface area contributed by atoms with Gasteiger partial charge in [0.25, 0.3) is 0 Å². The molecule has 0 bridgehead atoms. The number of nitrogens with one attached hydrogen (secondary N) is 1. The maximum atomic E-state index is 4.26. The molecule has 2 aromatic heterocycles. The van der Waals surface area contributed by atoms with Crippen LogP contribution in [0.1, 0.15) is 5.69 Å². The highest BCUT2D eigenvalue weighted by Crippen LogP contribution is 2.27. The lowest BCUT2D eigenvalue weighted by Crippen LogP contribution is -1.96. The Labute approximate surface area is 108 Å². The van der Waals surface area contributed by atoms with Crippen molar-refractivity contribution in [1.29, 1.82) is 0 Å². The Morgan fingerprint density at radius 2 is 2.35 bits per heavy atom. The van der Waals surface area contributed by atoms with Gasteiger partial charge in [0.2, 0.25) is 5.13 Å². The lowest BCUT2D eigenvalue weighted by Gasteiger charge is -1.96. The van der Waals surface area contributed by atoms with Crippen LogP contribution >= 0.6 is 23.1 Å². The molecule has 2 rings (SSSR count). The van der Waals surface area contributed by atoms with Gasteiger partial charge in [-0.25, -0.2) is 0 Å². The zero-order valence-corrected chi connectivity index (χ0v) is 10.8. The summed E-state index contributed by atoms with van der Waals surface area (Å²) in [6.45, 7) is 4.35. The van der Waals surface area contributed by atoms with Gasteiger partial charge in [-0.3, -0.25) is 4.98 Å². The van der Waals surface area contributed by atoms with Crippen molar-refractivity contribution in [3.05, 3.63) is 42.7 Å². The van der Waals surface area contributed by atoms with Gasteiger partial charge in [0.1, 0.15) is 0 Å². The van der Waals surface area contributed by atoms with Gasteiger partial charge in [0.15, 0.2) is 4.34 Å². The van der Waals surface area contributed by atoms with E-state index in [1.54, 1.807) is 35.4 Å². The minimum absolute atomic E-state index is 0.708. The van der Waals surface area contributed by atoms with E-state index in [4.69, 9.17) is 0 Å². The van der Waals surface area contributed by atoms with Crippen LogP contribution in [0.15, 0.2) is 41.4 Å². The van der Waals surface area contributed by atoms with Gasteiger partial charge >= 0.3 is 0 Å². The largest absolute Gasteiger partial charge is 0.357 e. The Kier molecular flexibility index (Phi) is 4.52. The summed E-state index contributed by atoms with van der Waals surface area (Å²) < 4.78 is 0.946. The summed E-state index contributed by atoms with van der Waals surface area (Å²) in [4.78, 5) is 4.26. The molecule has 0 saturated carbocycles. The molecule has 0 aromatic carbocycles. The average molecular weight is 264 g/mol. The first-order chi connectivity index (χ1) is 8.38. The van der Waals surface area contributed by atoms with Gasteiger partial charge in [0, 0.05) is 18.5 Å². The molecule has 0 aliphatic rings. The van der Waals surface area contributed by atoms with Crippen molar-refractivity contribution in [2.24, 2.45) is 0 Å². The Balaban J connectivity index is 1.87. The number of pyridine rings is 1. The zero-order chi connectivity index (χ0) is 11.9. The van der Waals surface area contributed by atoms with E-state index >= 15 is 0 Å². The summed E-state index contributed by atoms with van der Waals surface area (Å²) in [5.41, 5.74) is 1.05. The molecular weight excluding hydrogens is 252 g/mol. The quantitative estimate of drug-likeness (QED) is 0.642. The molecule has 2 aromatic rings. The second-order valence-electron chi connectivity index (χ2n) is 3.15. The van der Waals surface area contributed by atoms with Crippen molar-refractivity contribution in [3.8, 4) is 0 Å². The number of hydrogen-bond acceptors (Lipinski definition) is 6. The third-order valence-corrected chi connectivity index (χ3v) is 3.92. The van der Waals surface area contributed by atoms with Crippen LogP contribution in [-0.2, 0) is 5.75 Å². The van der Waals surface area contributed by atoms with Crippen LogP contribution in [-0.4, -0.2) is 21.7 Å². The van der Waals surface area contributed by atoms with Crippen molar-refractivity contribution in [1.82, 2.24) is 15.2 Å². The van der Waals surface area contributed by atoms with Crippen molar-refractivity contribution in [2.45, 2.75) is 10.1 Å². The number of thioether (sulfide) groups is 1. The first-order valence-electron chi connectivity index (χ1n) is 5.09. The third kappa shape index (κ3) is 3.83. The van der Waals surface area contributed by atoms with Crippen LogP contribution in [0.3, 0.4) is 0 Å². The number of nitrogens with zero attached hydrogens (tertiary/aromatic N) is 3. The molecule has 6 heteroatoms. The first kappa shape index (κ1) is 12.1. The SMILES string of the molecule is C=CCNc1nnc(SCc2ccccn2)s1. The standard InChI is InChI=1S/C11H12N4S2/c1-2-6-13-10-14-15-11(17-10)16-8-9-5-3-4-7-12-9/h2-5,7H,1,6,8H2,(H,13,14). The number of rotatable bonds is 6. The molecular formula is C11H12N4S2. The molecule has 0 aliphatic heterocycles. The van der Waals surface area contributed by atoms with Crippen LogP contribution in [0.5, 0.6) is 0 Å². The summed E-state index contributed by atoms with van der Waals surface area (Å²) in [5.74, 6) is 0.816. The molecule has 4 nitrogen and oxygen atoms in total. The molecule has 0 unspecified atom stereocenters. The zero-order valence-electron chi connectivity index (χ0n) is 9.17. The topological polar surface area (TPSA) is 50.7 Å². The van der Waals surface area contributed by atoms with E-state index in [1.165, 1.54) is 0 Å². The monoisotopic (exact) mass is 264 g/mol. The van der Waals surface area contributed by atoms with Crippen LogP contribution in [0.25, 0.3) is 0 Å². The molecule has 0 atom stereocenters. The predicted octanol–water partition coefficient (Wildman–Crippen LogP) is 2.82. The number of aromatic nitrogens is 3. The van der Waals surface area contributed by atoms with Crippen molar-refractivity contribution in [3.63, 3.8) is 0 Å². The maximum absolute atomic E-state index is 4.26. The van der Waals surface area contributed by atoms with Crippen molar-refractivity contribution in [2.75, 3.05) is 11.9 Å². The second-order valence-corrected chi connectivity index (χ2v) is 5.35. The molecule has 0 radical (unpaired) electrons. The van der Waals surface area contributed by atoms with Gasteiger partial charge in [-0.2, -0.15) is 0 Å². The van der Waals surface area contributed by atoms with Gasteiger partial charge in [-0.15, -0.1) is 16.8 Å². The molecule has 0 spiro atoms. The molecule has 1 N–H and O–H groups in total. The van der Waals surface area contributed by atoms with Crippen LogP contribution in [0, 0.1) is 0 Å². The summed E-state index contributed by atoms with van der Waals surface area (Å²) in [5, 5.41) is 12.1. The highest BCUT2D eigenvalue weighted by Gasteiger charge is 2.04. The summed E-state index contributed by atoms with van der Waals surface area (Å²) in [7, 11) is 0. The highest BCUT2D eigenvalue weighted by molar-refractivity contribution is 8.00. The van der Waals surface area contributed by atoms with E-state index in [2.05, 4.69) is 27.1 Å². The van der Waals surface area contributed by atoms with Crippen LogP contribution < -0.4 is 5.32 Å². The molecule has 2 heterocycles. The molecule has 0 fully saturated rings. The fraction of sp³-hybridized carbons (Fsp3) is 0.182.